The Labute approximate surface area is 128 Å². The number of carbonyl (C=O) groups is 1. The number of carboxylic acids is 1. The second-order valence-electron chi connectivity index (χ2n) is 7.33. The van der Waals surface area contributed by atoms with Gasteiger partial charge in [-0.3, -0.25) is 9.69 Å². The topological polar surface area (TPSA) is 61.8 Å². The van der Waals surface area contributed by atoms with Gasteiger partial charge in [0.1, 0.15) is 5.54 Å². The third-order valence-electron chi connectivity index (χ3n) is 4.72. The molecule has 2 fully saturated rings. The minimum Gasteiger partial charge on any atom is -0.480 e. The molecule has 0 aromatic carbocycles. The Morgan fingerprint density at radius 1 is 1.48 bits per heavy atom. The zero-order valence-corrected chi connectivity index (χ0v) is 13.8. The summed E-state index contributed by atoms with van der Waals surface area (Å²) in [6.07, 6.45) is 3.54. The second-order valence-corrected chi connectivity index (χ2v) is 7.33. The van der Waals surface area contributed by atoms with Crippen molar-refractivity contribution in [2.75, 3.05) is 19.6 Å². The predicted octanol–water partition coefficient (Wildman–Crippen LogP) is 1.86. The van der Waals surface area contributed by atoms with E-state index < -0.39 is 11.5 Å². The lowest BCUT2D eigenvalue weighted by molar-refractivity contribution is -0.146. The number of nitrogens with one attached hydrogen (secondary N) is 1. The molecule has 122 valence electrons. The van der Waals surface area contributed by atoms with Crippen LogP contribution in [0.5, 0.6) is 0 Å². The van der Waals surface area contributed by atoms with Gasteiger partial charge in [-0.05, 0) is 53.0 Å². The number of aliphatic carboxylic acids is 1. The van der Waals surface area contributed by atoms with E-state index in [1.165, 1.54) is 0 Å². The monoisotopic (exact) mass is 298 g/mol. The summed E-state index contributed by atoms with van der Waals surface area (Å²) in [4.78, 5) is 14.2. The van der Waals surface area contributed by atoms with Crippen LogP contribution in [0.15, 0.2) is 0 Å². The molecule has 1 saturated heterocycles. The number of ether oxygens (including phenoxy) is 1. The van der Waals surface area contributed by atoms with Crippen molar-refractivity contribution in [1.82, 2.24) is 10.2 Å². The molecule has 1 heterocycles. The first-order chi connectivity index (χ1) is 9.78. The summed E-state index contributed by atoms with van der Waals surface area (Å²) in [6.45, 7) is 11.0. The zero-order valence-electron chi connectivity index (χ0n) is 13.8. The van der Waals surface area contributed by atoms with Crippen LogP contribution in [0.2, 0.25) is 0 Å². The van der Waals surface area contributed by atoms with Crippen molar-refractivity contribution in [1.29, 1.82) is 0 Å². The van der Waals surface area contributed by atoms with Gasteiger partial charge in [-0.25, -0.2) is 0 Å². The van der Waals surface area contributed by atoms with E-state index in [-0.39, 0.29) is 11.7 Å². The molecule has 2 aliphatic rings. The molecule has 0 aromatic heterocycles. The summed E-state index contributed by atoms with van der Waals surface area (Å²) in [5, 5.41) is 12.9. The molecule has 21 heavy (non-hydrogen) atoms. The number of carboxylic acid groups (broad SMARTS) is 1. The maximum absolute atomic E-state index is 11.7. The Kier molecular flexibility index (Phi) is 4.96. The molecule has 1 aliphatic carbocycles. The Morgan fingerprint density at radius 2 is 2.19 bits per heavy atom. The van der Waals surface area contributed by atoms with Gasteiger partial charge in [-0.2, -0.15) is 0 Å². The maximum Gasteiger partial charge on any atom is 0.323 e. The minimum atomic E-state index is -0.730. The van der Waals surface area contributed by atoms with E-state index in [0.717, 1.165) is 38.9 Å². The molecule has 0 spiro atoms. The van der Waals surface area contributed by atoms with Crippen LogP contribution in [0.3, 0.4) is 0 Å². The molecule has 0 amide bonds. The summed E-state index contributed by atoms with van der Waals surface area (Å²) in [5.74, 6) is -0.695. The van der Waals surface area contributed by atoms with Gasteiger partial charge in [0, 0.05) is 19.1 Å². The van der Waals surface area contributed by atoms with E-state index in [2.05, 4.69) is 37.9 Å². The van der Waals surface area contributed by atoms with E-state index >= 15 is 0 Å². The van der Waals surface area contributed by atoms with Crippen LogP contribution in [0.1, 0.15) is 53.4 Å². The fourth-order valence-corrected chi connectivity index (χ4v) is 3.91. The van der Waals surface area contributed by atoms with Crippen LogP contribution >= 0.6 is 0 Å². The molecule has 5 nitrogen and oxygen atoms in total. The average Bonchev–Trinajstić information content (AvgIpc) is 2.79. The minimum absolute atomic E-state index is 0.150. The van der Waals surface area contributed by atoms with E-state index in [4.69, 9.17) is 4.74 Å². The molecule has 1 saturated carbocycles. The van der Waals surface area contributed by atoms with Crippen LogP contribution in [0.4, 0.5) is 0 Å². The third kappa shape index (κ3) is 3.76. The fraction of sp³-hybridized carbons (Fsp3) is 0.938. The van der Waals surface area contributed by atoms with Gasteiger partial charge in [-0.1, -0.05) is 6.92 Å². The number of rotatable bonds is 5. The van der Waals surface area contributed by atoms with E-state index in [1.807, 2.05) is 0 Å². The molecule has 0 radical (unpaired) electrons. The van der Waals surface area contributed by atoms with Gasteiger partial charge in [0.2, 0.25) is 0 Å². The van der Waals surface area contributed by atoms with Crippen LogP contribution in [0, 0.1) is 0 Å². The smallest absolute Gasteiger partial charge is 0.323 e. The summed E-state index contributed by atoms with van der Waals surface area (Å²) >= 11 is 0. The quantitative estimate of drug-likeness (QED) is 0.811. The van der Waals surface area contributed by atoms with Crippen molar-refractivity contribution >= 4 is 5.97 Å². The highest BCUT2D eigenvalue weighted by atomic mass is 16.5. The summed E-state index contributed by atoms with van der Waals surface area (Å²) < 4.78 is 5.95. The molecule has 3 atom stereocenters. The molecule has 2 rings (SSSR count). The number of hydrogen-bond acceptors (Lipinski definition) is 4. The largest absolute Gasteiger partial charge is 0.480 e. The first-order valence-corrected chi connectivity index (χ1v) is 8.18. The zero-order chi connectivity index (χ0) is 15.7. The van der Waals surface area contributed by atoms with Crippen molar-refractivity contribution in [3.63, 3.8) is 0 Å². The lowest BCUT2D eigenvalue weighted by Gasteiger charge is -2.44. The molecular weight excluding hydrogens is 268 g/mol. The van der Waals surface area contributed by atoms with Gasteiger partial charge in [0.05, 0.1) is 11.7 Å². The highest BCUT2D eigenvalue weighted by Crippen LogP contribution is 2.36. The number of nitrogens with zero attached hydrogens (tertiary/aromatic N) is 1. The standard InChI is InChI=1S/C16H30N2O3/c1-5-8-17-16(14(19)20)7-6-13(9-16)18-10-12(2)21-15(3,4)11-18/h12-13,17H,5-11H2,1-4H3,(H,19,20). The van der Waals surface area contributed by atoms with Gasteiger partial charge < -0.3 is 15.2 Å². The molecule has 0 bridgehead atoms. The van der Waals surface area contributed by atoms with E-state index in [0.29, 0.717) is 12.5 Å². The van der Waals surface area contributed by atoms with Crippen molar-refractivity contribution in [2.24, 2.45) is 0 Å². The lowest BCUT2D eigenvalue weighted by Crippen LogP contribution is -2.56. The van der Waals surface area contributed by atoms with Gasteiger partial charge in [0.15, 0.2) is 0 Å². The van der Waals surface area contributed by atoms with Crippen LogP contribution in [-0.2, 0) is 9.53 Å². The van der Waals surface area contributed by atoms with E-state index in [1.54, 1.807) is 0 Å². The highest BCUT2D eigenvalue weighted by molar-refractivity contribution is 5.79. The van der Waals surface area contributed by atoms with Crippen molar-refractivity contribution < 1.29 is 14.6 Å². The van der Waals surface area contributed by atoms with Gasteiger partial charge in [0.25, 0.3) is 0 Å². The molecule has 1 aliphatic heterocycles. The Balaban J connectivity index is 2.04. The van der Waals surface area contributed by atoms with Gasteiger partial charge >= 0.3 is 5.97 Å². The molecule has 3 unspecified atom stereocenters. The average molecular weight is 298 g/mol. The van der Waals surface area contributed by atoms with E-state index in [9.17, 15) is 9.90 Å². The normalized spacial score (nSPS) is 36.8. The first kappa shape index (κ1) is 16.7. The molecule has 5 heteroatoms. The van der Waals surface area contributed by atoms with Crippen molar-refractivity contribution in [2.45, 2.75) is 76.7 Å². The van der Waals surface area contributed by atoms with Crippen LogP contribution < -0.4 is 5.32 Å². The Bertz CT molecular complexity index is 386. The molecule has 2 N–H and O–H groups in total. The molecule has 0 aromatic rings. The Hall–Kier alpha value is -0.650. The Morgan fingerprint density at radius 3 is 2.76 bits per heavy atom. The predicted molar refractivity (Wildman–Crippen MR) is 82.5 cm³/mol. The SMILES string of the molecule is CCCNC1(C(=O)O)CCC(N2CC(C)OC(C)(C)C2)C1. The lowest BCUT2D eigenvalue weighted by atomic mass is 9.96. The second kappa shape index (κ2) is 6.23. The number of morpholine rings is 1. The summed E-state index contributed by atoms with van der Waals surface area (Å²) in [5.41, 5.74) is -0.880. The number of hydrogen-bond donors (Lipinski definition) is 2. The van der Waals surface area contributed by atoms with Crippen molar-refractivity contribution in [3.05, 3.63) is 0 Å². The van der Waals surface area contributed by atoms with Gasteiger partial charge in [-0.15, -0.1) is 0 Å². The highest BCUT2D eigenvalue weighted by Gasteiger charge is 2.48. The fourth-order valence-electron chi connectivity index (χ4n) is 3.91. The van der Waals surface area contributed by atoms with Crippen molar-refractivity contribution in [3.8, 4) is 0 Å². The van der Waals surface area contributed by atoms with Crippen LogP contribution in [-0.4, -0.2) is 58.9 Å². The first-order valence-electron chi connectivity index (χ1n) is 8.18. The third-order valence-corrected chi connectivity index (χ3v) is 4.72. The summed E-state index contributed by atoms with van der Waals surface area (Å²) in [7, 11) is 0. The molecular formula is C16H30N2O3. The maximum atomic E-state index is 11.7. The van der Waals surface area contributed by atoms with Crippen LogP contribution in [0.25, 0.3) is 0 Å². The summed E-state index contributed by atoms with van der Waals surface area (Å²) in [6, 6.07) is 0.344.